The van der Waals surface area contributed by atoms with Gasteiger partial charge in [-0.05, 0) is 74.1 Å². The average Bonchev–Trinajstić information content (AvgIpc) is 3.39. The van der Waals surface area contributed by atoms with Crippen molar-refractivity contribution in [2.24, 2.45) is 0 Å². The number of carbonyl (C=O) groups excluding carboxylic acids is 1. The molecule has 1 aliphatic rings. The molecule has 2 aromatic heterocycles. The molecule has 5 rings (SSSR count). The van der Waals surface area contributed by atoms with Gasteiger partial charge >= 0.3 is 0 Å². The van der Waals surface area contributed by atoms with E-state index < -0.39 is 5.82 Å². The molecule has 1 amide bonds. The topological polar surface area (TPSA) is 62.2 Å². The predicted molar refractivity (Wildman–Crippen MR) is 147 cm³/mol. The number of rotatable bonds is 7. The monoisotopic (exact) mass is 531 g/mol. The highest BCUT2D eigenvalue weighted by atomic mass is 32.1. The van der Waals surface area contributed by atoms with Crippen molar-refractivity contribution in [3.05, 3.63) is 113 Å². The Morgan fingerprint density at radius 2 is 1.74 bits per heavy atom. The summed E-state index contributed by atoms with van der Waals surface area (Å²) < 4.78 is 30.7. The van der Waals surface area contributed by atoms with E-state index in [1.165, 1.54) is 18.2 Å². The van der Waals surface area contributed by atoms with Gasteiger partial charge in [-0.15, -0.1) is 0 Å². The number of halogens is 2. The zero-order chi connectivity index (χ0) is 26.8. The number of carbonyl (C=O) groups is 1. The van der Waals surface area contributed by atoms with Gasteiger partial charge in [0.05, 0.1) is 29.2 Å². The van der Waals surface area contributed by atoms with Crippen LogP contribution in [0, 0.1) is 25.5 Å². The minimum Gasteiger partial charge on any atom is -0.352 e. The van der Waals surface area contributed by atoms with Crippen LogP contribution in [0.4, 0.5) is 14.5 Å². The first-order chi connectivity index (χ1) is 18.3. The SMILES string of the molecule is Cc1cc([C@@H]2[C@@H](c3ccccn3)NC(=S)N2CCC(=O)Nc2ccccc2F)c(C)n1-c1ccccc1F. The number of nitrogens with zero attached hydrogens (tertiary/aromatic N) is 3. The fourth-order valence-corrected chi connectivity index (χ4v) is 5.40. The maximum absolute atomic E-state index is 14.8. The second-order valence-electron chi connectivity index (χ2n) is 9.21. The molecule has 0 aliphatic carbocycles. The Morgan fingerprint density at radius 1 is 1.03 bits per heavy atom. The van der Waals surface area contributed by atoms with Gasteiger partial charge in [0.2, 0.25) is 5.91 Å². The zero-order valence-electron chi connectivity index (χ0n) is 21.0. The summed E-state index contributed by atoms with van der Waals surface area (Å²) in [6, 6.07) is 19.9. The first kappa shape index (κ1) is 25.5. The number of thiocarbonyl (C=S) groups is 1. The average molecular weight is 532 g/mol. The van der Waals surface area contributed by atoms with Gasteiger partial charge in [0.15, 0.2) is 5.11 Å². The molecule has 0 saturated carbocycles. The largest absolute Gasteiger partial charge is 0.352 e. The Bertz CT molecular complexity index is 1490. The third kappa shape index (κ3) is 4.89. The summed E-state index contributed by atoms with van der Waals surface area (Å²) in [5.74, 6) is -1.13. The van der Waals surface area contributed by atoms with Crippen molar-refractivity contribution in [2.45, 2.75) is 32.4 Å². The maximum atomic E-state index is 14.8. The summed E-state index contributed by atoms with van der Waals surface area (Å²) in [6.07, 6.45) is 1.82. The van der Waals surface area contributed by atoms with E-state index in [1.54, 1.807) is 36.5 Å². The van der Waals surface area contributed by atoms with Crippen LogP contribution >= 0.6 is 12.2 Å². The number of amides is 1. The fraction of sp³-hybridized carbons (Fsp3) is 0.207. The van der Waals surface area contributed by atoms with E-state index in [-0.39, 0.29) is 35.9 Å². The van der Waals surface area contributed by atoms with Crippen molar-refractivity contribution < 1.29 is 13.6 Å². The molecule has 9 heteroatoms. The van der Waals surface area contributed by atoms with Gasteiger partial charge in [-0.1, -0.05) is 30.3 Å². The molecular weight excluding hydrogens is 504 g/mol. The Hall–Kier alpha value is -4.11. The summed E-state index contributed by atoms with van der Waals surface area (Å²) in [6.45, 7) is 4.18. The van der Waals surface area contributed by atoms with Crippen LogP contribution in [-0.4, -0.2) is 32.0 Å². The maximum Gasteiger partial charge on any atom is 0.226 e. The van der Waals surface area contributed by atoms with E-state index in [0.29, 0.717) is 17.3 Å². The van der Waals surface area contributed by atoms with E-state index in [0.717, 1.165) is 22.6 Å². The van der Waals surface area contributed by atoms with Crippen molar-refractivity contribution in [3.63, 3.8) is 0 Å². The van der Waals surface area contributed by atoms with Crippen molar-refractivity contribution in [1.29, 1.82) is 0 Å². The van der Waals surface area contributed by atoms with Crippen LogP contribution in [0.15, 0.2) is 79.0 Å². The summed E-state index contributed by atoms with van der Waals surface area (Å²) in [5, 5.41) is 6.50. The van der Waals surface area contributed by atoms with E-state index in [2.05, 4.69) is 15.6 Å². The number of aryl methyl sites for hydroxylation is 1. The van der Waals surface area contributed by atoms with Gasteiger partial charge in [-0.3, -0.25) is 9.78 Å². The number of hydrogen-bond donors (Lipinski definition) is 2. The molecule has 1 aliphatic heterocycles. The molecule has 2 N–H and O–H groups in total. The molecule has 0 unspecified atom stereocenters. The third-order valence-corrected chi connectivity index (χ3v) is 7.16. The van der Waals surface area contributed by atoms with Crippen LogP contribution in [0.1, 0.15) is 41.1 Å². The Balaban J connectivity index is 1.48. The predicted octanol–water partition coefficient (Wildman–Crippen LogP) is 5.77. The van der Waals surface area contributed by atoms with Crippen molar-refractivity contribution in [1.82, 2.24) is 19.8 Å². The highest BCUT2D eigenvalue weighted by Crippen LogP contribution is 2.41. The number of pyridine rings is 1. The molecule has 3 heterocycles. The summed E-state index contributed by atoms with van der Waals surface area (Å²) in [5.41, 5.74) is 4.09. The first-order valence-corrected chi connectivity index (χ1v) is 12.7. The molecule has 0 spiro atoms. The summed E-state index contributed by atoms with van der Waals surface area (Å²) >= 11 is 5.72. The quantitative estimate of drug-likeness (QED) is 0.297. The van der Waals surface area contributed by atoms with E-state index in [9.17, 15) is 13.6 Å². The normalized spacial score (nSPS) is 16.9. The molecule has 38 heavy (non-hydrogen) atoms. The zero-order valence-corrected chi connectivity index (χ0v) is 21.8. The lowest BCUT2D eigenvalue weighted by atomic mass is 9.96. The van der Waals surface area contributed by atoms with Crippen molar-refractivity contribution >= 4 is 28.9 Å². The van der Waals surface area contributed by atoms with Crippen LogP contribution in [0.2, 0.25) is 0 Å². The number of aromatic nitrogens is 2. The van der Waals surface area contributed by atoms with Crippen LogP contribution in [0.25, 0.3) is 5.69 Å². The third-order valence-electron chi connectivity index (χ3n) is 6.81. The number of nitrogens with one attached hydrogen (secondary N) is 2. The second-order valence-corrected chi connectivity index (χ2v) is 9.60. The summed E-state index contributed by atoms with van der Waals surface area (Å²) in [7, 11) is 0. The highest BCUT2D eigenvalue weighted by molar-refractivity contribution is 7.80. The van der Waals surface area contributed by atoms with Crippen LogP contribution in [0.3, 0.4) is 0 Å². The molecule has 0 bridgehead atoms. The fourth-order valence-electron chi connectivity index (χ4n) is 5.07. The van der Waals surface area contributed by atoms with Gasteiger partial charge in [0.25, 0.3) is 0 Å². The number of hydrogen-bond acceptors (Lipinski definition) is 3. The van der Waals surface area contributed by atoms with Crippen molar-refractivity contribution in [3.8, 4) is 5.69 Å². The smallest absolute Gasteiger partial charge is 0.226 e. The lowest BCUT2D eigenvalue weighted by Crippen LogP contribution is -2.33. The molecule has 1 fully saturated rings. The lowest BCUT2D eigenvalue weighted by Gasteiger charge is -2.28. The van der Waals surface area contributed by atoms with Crippen LogP contribution < -0.4 is 10.6 Å². The number of para-hydroxylation sites is 2. The van der Waals surface area contributed by atoms with Gasteiger partial charge < -0.3 is 20.1 Å². The standard InChI is InChI=1S/C29H27F2N5OS/c1-18-17-20(19(2)36(18)25-13-6-4-10-22(25)31)28-27(24-12-7-8-15-32-24)34-29(38)35(28)16-14-26(37)33-23-11-5-3-9-21(23)30/h3-13,15,17,27-28H,14,16H2,1-2H3,(H,33,37)(H,34,38)/t27-,28-/m1/s1. The van der Waals surface area contributed by atoms with Gasteiger partial charge in [0.1, 0.15) is 11.6 Å². The lowest BCUT2D eigenvalue weighted by molar-refractivity contribution is -0.116. The Labute approximate surface area is 225 Å². The number of benzene rings is 2. The molecule has 2 aromatic carbocycles. The molecule has 4 aromatic rings. The highest BCUT2D eigenvalue weighted by Gasteiger charge is 2.41. The van der Waals surface area contributed by atoms with Crippen molar-refractivity contribution in [2.75, 3.05) is 11.9 Å². The second kappa shape index (κ2) is 10.7. The van der Waals surface area contributed by atoms with Gasteiger partial charge in [-0.25, -0.2) is 8.78 Å². The first-order valence-electron chi connectivity index (χ1n) is 12.3. The minimum absolute atomic E-state index is 0.0909. The molecular formula is C29H27F2N5OS. The van der Waals surface area contributed by atoms with Gasteiger partial charge in [0, 0.05) is 30.6 Å². The minimum atomic E-state index is -0.493. The molecule has 1 saturated heterocycles. The van der Waals surface area contributed by atoms with E-state index >= 15 is 0 Å². The Kier molecular flexibility index (Phi) is 7.20. The Morgan fingerprint density at radius 3 is 2.45 bits per heavy atom. The van der Waals surface area contributed by atoms with Crippen LogP contribution in [-0.2, 0) is 4.79 Å². The van der Waals surface area contributed by atoms with Crippen LogP contribution in [0.5, 0.6) is 0 Å². The molecule has 0 radical (unpaired) electrons. The molecule has 2 atom stereocenters. The van der Waals surface area contributed by atoms with E-state index in [1.807, 2.05) is 47.6 Å². The summed E-state index contributed by atoms with van der Waals surface area (Å²) in [4.78, 5) is 19.3. The van der Waals surface area contributed by atoms with E-state index in [4.69, 9.17) is 12.2 Å². The number of anilines is 1. The van der Waals surface area contributed by atoms with Gasteiger partial charge in [-0.2, -0.15) is 0 Å². The molecule has 6 nitrogen and oxygen atoms in total. The molecule has 194 valence electrons.